The van der Waals surface area contributed by atoms with Gasteiger partial charge in [0.15, 0.2) is 0 Å². The Bertz CT molecular complexity index is 497. The Kier molecular flexibility index (Phi) is 2.00. The molecular formula is C7H8N6O3. The maximum atomic E-state index is 11.4. The second kappa shape index (κ2) is 3.12. The minimum Gasteiger partial charge on any atom is -0.594 e. The van der Waals surface area contributed by atoms with Gasteiger partial charge in [-0.3, -0.25) is 21.6 Å². The molecule has 0 aromatic heterocycles. The number of hydrogen-bond acceptors (Lipinski definition) is 7. The van der Waals surface area contributed by atoms with Crippen molar-refractivity contribution in [2.24, 2.45) is 16.6 Å². The highest BCUT2D eigenvalue weighted by molar-refractivity contribution is 5.66. The highest BCUT2D eigenvalue weighted by Gasteiger charge is 2.32. The summed E-state index contributed by atoms with van der Waals surface area (Å²) < 4.78 is 0. The zero-order chi connectivity index (χ0) is 11.9. The molecule has 1 aliphatic heterocycles. The fourth-order valence-corrected chi connectivity index (χ4v) is 1.34. The molecule has 0 atom stereocenters. The van der Waals surface area contributed by atoms with E-state index >= 15 is 0 Å². The topological polar surface area (TPSA) is 146 Å². The summed E-state index contributed by atoms with van der Waals surface area (Å²) in [5.41, 5.74) is 10.9. The number of nitro benzene ring substituents is 1. The van der Waals surface area contributed by atoms with Gasteiger partial charge in [-0.2, -0.15) is 0 Å². The van der Waals surface area contributed by atoms with Crippen LogP contribution in [0.5, 0.6) is 0 Å². The van der Waals surface area contributed by atoms with Crippen LogP contribution in [-0.4, -0.2) is 15.7 Å². The highest BCUT2D eigenvalue weighted by atomic mass is 16.6. The van der Waals surface area contributed by atoms with Crippen molar-refractivity contribution in [3.8, 4) is 0 Å². The summed E-state index contributed by atoms with van der Waals surface area (Å²) in [6.45, 7) is 0. The van der Waals surface area contributed by atoms with Crippen LogP contribution in [0.25, 0.3) is 0 Å². The molecule has 16 heavy (non-hydrogen) atoms. The molecule has 5 N–H and O–H groups in total. The van der Waals surface area contributed by atoms with E-state index in [0.717, 1.165) is 6.07 Å². The van der Waals surface area contributed by atoms with Crippen LogP contribution in [0.4, 0.5) is 17.1 Å². The van der Waals surface area contributed by atoms with Gasteiger partial charge in [0.1, 0.15) is 5.69 Å². The van der Waals surface area contributed by atoms with E-state index in [4.69, 9.17) is 11.5 Å². The molecule has 0 aliphatic carbocycles. The average molecular weight is 224 g/mol. The van der Waals surface area contributed by atoms with Crippen LogP contribution in [0.3, 0.4) is 0 Å². The third kappa shape index (κ3) is 1.64. The lowest BCUT2D eigenvalue weighted by atomic mass is 10.2. The number of nitrogens with one attached hydrogen (secondary N) is 1. The van der Waals surface area contributed by atoms with Gasteiger partial charge in [-0.05, 0) is 10.9 Å². The van der Waals surface area contributed by atoms with Gasteiger partial charge >= 0.3 is 5.91 Å². The van der Waals surface area contributed by atoms with E-state index in [9.17, 15) is 15.3 Å². The Balaban J connectivity index is 2.54. The van der Waals surface area contributed by atoms with Gasteiger partial charge in [0.05, 0.1) is 11.0 Å². The molecule has 1 aromatic carbocycles. The van der Waals surface area contributed by atoms with E-state index in [0.29, 0.717) is 5.69 Å². The Morgan fingerprint density at radius 1 is 1.50 bits per heavy atom. The Morgan fingerprint density at radius 3 is 2.81 bits per heavy atom. The predicted octanol–water partition coefficient (Wildman–Crippen LogP) is 0.143. The van der Waals surface area contributed by atoms with Crippen molar-refractivity contribution in [2.45, 2.75) is 5.91 Å². The van der Waals surface area contributed by atoms with Crippen molar-refractivity contribution in [1.29, 1.82) is 0 Å². The Labute approximate surface area is 89.1 Å². The van der Waals surface area contributed by atoms with Crippen molar-refractivity contribution in [1.82, 2.24) is 0 Å². The van der Waals surface area contributed by atoms with Crippen LogP contribution in [0.2, 0.25) is 0 Å². The van der Waals surface area contributed by atoms with Gasteiger partial charge in [0.25, 0.3) is 11.4 Å². The number of anilines is 1. The first-order valence-electron chi connectivity index (χ1n) is 4.23. The monoisotopic (exact) mass is 224 g/mol. The van der Waals surface area contributed by atoms with Crippen molar-refractivity contribution >= 4 is 17.1 Å². The predicted molar refractivity (Wildman–Crippen MR) is 53.5 cm³/mol. The Hall–Kier alpha value is -2.26. The second-order valence-electron chi connectivity index (χ2n) is 3.28. The highest BCUT2D eigenvalue weighted by Crippen LogP contribution is 2.33. The van der Waals surface area contributed by atoms with Crippen LogP contribution >= 0.6 is 0 Å². The van der Waals surface area contributed by atoms with Gasteiger partial charge in [0.2, 0.25) is 0 Å². The van der Waals surface area contributed by atoms with Crippen LogP contribution < -0.4 is 16.8 Å². The second-order valence-corrected chi connectivity index (χ2v) is 3.28. The smallest absolute Gasteiger partial charge is 0.301 e. The van der Waals surface area contributed by atoms with Crippen LogP contribution in [0.15, 0.2) is 23.3 Å². The SMILES string of the molecule is NC1(N)N=[N+]([O-])c2cc([N+](=O)[O-])ccc2N1. The zero-order valence-electron chi connectivity index (χ0n) is 7.95. The molecule has 0 amide bonds. The molecule has 9 nitrogen and oxygen atoms in total. The summed E-state index contributed by atoms with van der Waals surface area (Å²) in [6.07, 6.45) is 0. The first-order chi connectivity index (χ1) is 7.39. The van der Waals surface area contributed by atoms with E-state index in [2.05, 4.69) is 10.4 Å². The van der Waals surface area contributed by atoms with E-state index in [1.807, 2.05) is 0 Å². The zero-order valence-corrected chi connectivity index (χ0v) is 7.95. The number of non-ortho nitro benzene ring substituents is 1. The van der Waals surface area contributed by atoms with E-state index in [-0.39, 0.29) is 16.2 Å². The van der Waals surface area contributed by atoms with Crippen LogP contribution in [0, 0.1) is 15.3 Å². The standard InChI is InChI=1S/C7H8N6O3/c8-7(9)10-5-2-1-4(13(15)16)3-6(5)12(14)11-7/h1-3,10H,8-9H2. The summed E-state index contributed by atoms with van der Waals surface area (Å²) in [5, 5.41) is 27.8. The summed E-state index contributed by atoms with van der Waals surface area (Å²) in [5.74, 6) is -1.70. The van der Waals surface area contributed by atoms with Gasteiger partial charge < -0.3 is 10.5 Å². The number of nitro groups is 1. The third-order valence-electron chi connectivity index (χ3n) is 1.99. The van der Waals surface area contributed by atoms with Crippen LogP contribution in [0.1, 0.15) is 0 Å². The quantitative estimate of drug-likeness (QED) is 0.203. The molecule has 9 heteroatoms. The number of azo groups is 1. The number of rotatable bonds is 1. The first kappa shape index (κ1) is 10.3. The van der Waals surface area contributed by atoms with Crippen molar-refractivity contribution < 1.29 is 9.78 Å². The lowest BCUT2D eigenvalue weighted by Crippen LogP contribution is -2.56. The van der Waals surface area contributed by atoms with Gasteiger partial charge in [-0.25, -0.2) is 0 Å². The molecule has 84 valence electrons. The van der Waals surface area contributed by atoms with Crippen molar-refractivity contribution in [3.05, 3.63) is 33.5 Å². The molecular weight excluding hydrogens is 216 g/mol. The molecule has 0 radical (unpaired) electrons. The van der Waals surface area contributed by atoms with Gasteiger partial charge in [0, 0.05) is 11.2 Å². The minimum absolute atomic E-state index is 0.000671. The Morgan fingerprint density at radius 2 is 2.19 bits per heavy atom. The molecule has 0 bridgehead atoms. The molecule has 0 saturated carbocycles. The normalized spacial score (nSPS) is 17.0. The van der Waals surface area contributed by atoms with Crippen LogP contribution in [-0.2, 0) is 0 Å². The summed E-state index contributed by atoms with van der Waals surface area (Å²) >= 11 is 0. The number of nitrogens with zero attached hydrogens (tertiary/aromatic N) is 3. The molecule has 0 spiro atoms. The molecule has 0 saturated heterocycles. The maximum absolute atomic E-state index is 11.4. The summed E-state index contributed by atoms with van der Waals surface area (Å²) in [7, 11) is 0. The van der Waals surface area contributed by atoms with Crippen molar-refractivity contribution in [2.75, 3.05) is 5.32 Å². The minimum atomic E-state index is -1.70. The molecule has 0 fully saturated rings. The number of hydrogen-bond donors (Lipinski definition) is 3. The van der Waals surface area contributed by atoms with E-state index in [1.54, 1.807) is 0 Å². The summed E-state index contributed by atoms with van der Waals surface area (Å²) in [6, 6.07) is 3.68. The number of benzene rings is 1. The molecule has 0 unspecified atom stereocenters. The number of fused-ring (bicyclic) bond motifs is 1. The molecule has 1 heterocycles. The largest absolute Gasteiger partial charge is 0.594 e. The van der Waals surface area contributed by atoms with E-state index < -0.39 is 10.8 Å². The van der Waals surface area contributed by atoms with E-state index in [1.165, 1.54) is 12.1 Å². The number of nitrogens with two attached hydrogens (primary N) is 2. The molecule has 2 rings (SSSR count). The average Bonchev–Trinajstić information content (AvgIpc) is 2.15. The van der Waals surface area contributed by atoms with Gasteiger partial charge in [-0.1, -0.05) is 0 Å². The fraction of sp³-hybridized carbons (Fsp3) is 0.143. The molecule has 1 aromatic rings. The third-order valence-corrected chi connectivity index (χ3v) is 1.99. The maximum Gasteiger partial charge on any atom is 0.301 e. The lowest BCUT2D eigenvalue weighted by Gasteiger charge is -2.24. The van der Waals surface area contributed by atoms with Gasteiger partial charge in [-0.15, -0.1) is 0 Å². The summed E-state index contributed by atoms with van der Waals surface area (Å²) in [4.78, 5) is 10.1. The molecule has 1 aliphatic rings. The fourth-order valence-electron chi connectivity index (χ4n) is 1.34. The lowest BCUT2D eigenvalue weighted by molar-refractivity contribution is -0.453. The first-order valence-corrected chi connectivity index (χ1v) is 4.23. The van der Waals surface area contributed by atoms with Crippen molar-refractivity contribution in [3.63, 3.8) is 0 Å².